The van der Waals surface area contributed by atoms with Crippen LogP contribution in [0.2, 0.25) is 16.1 Å². The third kappa shape index (κ3) is 2.56. The highest BCUT2D eigenvalue weighted by Gasteiger charge is 2.57. The molecule has 0 spiro atoms. The maximum Gasteiger partial charge on any atom is 0.106 e. The second kappa shape index (κ2) is 7.04. The molecule has 132 valence electrons. The molecule has 0 saturated carbocycles. The molecular formula is C23H36Si. The van der Waals surface area contributed by atoms with E-state index in [0.29, 0.717) is 0 Å². The van der Waals surface area contributed by atoms with Gasteiger partial charge in [0.25, 0.3) is 0 Å². The summed E-state index contributed by atoms with van der Waals surface area (Å²) in [5.41, 5.74) is 6.15. The summed E-state index contributed by atoms with van der Waals surface area (Å²) in [6, 6.07) is 11.5. The van der Waals surface area contributed by atoms with Crippen molar-refractivity contribution in [2.75, 3.05) is 0 Å². The van der Waals surface area contributed by atoms with Crippen LogP contribution in [0.15, 0.2) is 53.1 Å². The van der Waals surface area contributed by atoms with Gasteiger partial charge in [0.1, 0.15) is 8.07 Å². The molecule has 0 radical (unpaired) electrons. The third-order valence-electron chi connectivity index (χ3n) is 7.33. The fourth-order valence-electron chi connectivity index (χ4n) is 5.50. The quantitative estimate of drug-likeness (QED) is 0.489. The Hall–Kier alpha value is -1.08. The smallest absolute Gasteiger partial charge is 0.0737 e. The Balaban J connectivity index is 2.86. The molecule has 0 nitrogen and oxygen atoms in total. The lowest BCUT2D eigenvalue weighted by atomic mass is 10.0. The summed E-state index contributed by atoms with van der Waals surface area (Å²) in [7, 11) is -1.85. The van der Waals surface area contributed by atoms with Crippen molar-refractivity contribution in [2.24, 2.45) is 0 Å². The molecule has 24 heavy (non-hydrogen) atoms. The van der Waals surface area contributed by atoms with Crippen LogP contribution in [0.25, 0.3) is 0 Å². The second-order valence-electron chi connectivity index (χ2n) is 8.13. The molecule has 1 aliphatic rings. The third-order valence-corrected chi connectivity index (χ3v) is 14.8. The van der Waals surface area contributed by atoms with Crippen molar-refractivity contribution >= 4 is 13.3 Å². The lowest BCUT2D eigenvalue weighted by Crippen LogP contribution is -2.61. The van der Waals surface area contributed by atoms with Gasteiger partial charge in [-0.1, -0.05) is 100 Å². The van der Waals surface area contributed by atoms with Crippen LogP contribution >= 0.6 is 0 Å². The van der Waals surface area contributed by atoms with Gasteiger partial charge in [0, 0.05) is 5.04 Å². The van der Waals surface area contributed by atoms with Gasteiger partial charge in [0.15, 0.2) is 0 Å². The Morgan fingerprint density at radius 2 is 1.42 bits per heavy atom. The van der Waals surface area contributed by atoms with Gasteiger partial charge >= 0.3 is 0 Å². The standard InChI is InChI=1S/C23H36Si/c1-9-18(4)24(19(5)10-2,22-14-12-11-13-15-22)23(8)16-17(3)20(6)21(23)7/h11-16,18-19H,9-10H2,1-8H3. The van der Waals surface area contributed by atoms with E-state index < -0.39 is 8.07 Å². The highest BCUT2D eigenvalue weighted by atomic mass is 28.3. The van der Waals surface area contributed by atoms with E-state index in [4.69, 9.17) is 0 Å². The highest BCUT2D eigenvalue weighted by Crippen LogP contribution is 2.61. The monoisotopic (exact) mass is 340 g/mol. The fourth-order valence-corrected chi connectivity index (χ4v) is 13.6. The molecule has 0 N–H and O–H groups in total. The lowest BCUT2D eigenvalue weighted by Gasteiger charge is -2.53. The molecule has 1 aromatic rings. The fraction of sp³-hybridized carbons (Fsp3) is 0.565. The van der Waals surface area contributed by atoms with E-state index >= 15 is 0 Å². The zero-order valence-electron chi connectivity index (χ0n) is 17.0. The molecular weight excluding hydrogens is 304 g/mol. The van der Waals surface area contributed by atoms with E-state index in [0.717, 1.165) is 11.1 Å². The van der Waals surface area contributed by atoms with Crippen LogP contribution in [0.4, 0.5) is 0 Å². The number of allylic oxidation sites excluding steroid dienone is 4. The molecule has 1 aliphatic carbocycles. The van der Waals surface area contributed by atoms with Crippen LogP contribution in [0, 0.1) is 0 Å². The minimum absolute atomic E-state index is 0.216. The second-order valence-corrected chi connectivity index (χ2v) is 13.5. The van der Waals surface area contributed by atoms with Gasteiger partial charge in [-0.15, -0.1) is 0 Å². The Labute approximate surface area is 151 Å². The number of hydrogen-bond donors (Lipinski definition) is 0. The predicted molar refractivity (Wildman–Crippen MR) is 112 cm³/mol. The van der Waals surface area contributed by atoms with E-state index in [1.165, 1.54) is 24.0 Å². The predicted octanol–water partition coefficient (Wildman–Crippen LogP) is 7.00. The van der Waals surface area contributed by atoms with Crippen molar-refractivity contribution in [3.63, 3.8) is 0 Å². The van der Waals surface area contributed by atoms with Gasteiger partial charge in [-0.25, -0.2) is 0 Å². The average Bonchev–Trinajstić information content (AvgIpc) is 2.79. The van der Waals surface area contributed by atoms with E-state index in [2.05, 4.69) is 91.8 Å². The molecule has 2 rings (SSSR count). The summed E-state index contributed by atoms with van der Waals surface area (Å²) in [6.07, 6.45) is 5.16. The summed E-state index contributed by atoms with van der Waals surface area (Å²) in [4.78, 5) is 0. The molecule has 0 heterocycles. The lowest BCUT2D eigenvalue weighted by molar-refractivity contribution is 0.692. The molecule has 0 saturated heterocycles. The van der Waals surface area contributed by atoms with Crippen molar-refractivity contribution in [3.8, 4) is 0 Å². The molecule has 0 bridgehead atoms. The summed E-state index contributed by atoms with van der Waals surface area (Å²) >= 11 is 0. The van der Waals surface area contributed by atoms with Gasteiger partial charge in [-0.05, 0) is 37.4 Å². The van der Waals surface area contributed by atoms with Crippen LogP contribution in [0.3, 0.4) is 0 Å². The van der Waals surface area contributed by atoms with Crippen LogP contribution in [-0.2, 0) is 0 Å². The largest absolute Gasteiger partial charge is 0.106 e. The molecule has 0 amide bonds. The first-order chi connectivity index (χ1) is 11.3. The Morgan fingerprint density at radius 3 is 1.79 bits per heavy atom. The normalized spacial score (nSPS) is 26.1. The molecule has 1 heteroatoms. The number of benzene rings is 1. The molecule has 1 aromatic carbocycles. The molecule has 0 aromatic heterocycles. The van der Waals surface area contributed by atoms with E-state index in [-0.39, 0.29) is 5.04 Å². The van der Waals surface area contributed by atoms with Crippen molar-refractivity contribution in [2.45, 2.75) is 84.4 Å². The maximum absolute atomic E-state index is 2.63. The van der Waals surface area contributed by atoms with Gasteiger partial charge in [0.2, 0.25) is 0 Å². The Bertz CT molecular complexity index is 627. The Kier molecular flexibility index (Phi) is 5.64. The molecule has 0 aliphatic heterocycles. The molecule has 0 fully saturated rings. The number of rotatable bonds is 6. The van der Waals surface area contributed by atoms with Crippen molar-refractivity contribution in [1.29, 1.82) is 0 Å². The van der Waals surface area contributed by atoms with Crippen LogP contribution in [0.1, 0.15) is 68.2 Å². The molecule has 3 atom stereocenters. The van der Waals surface area contributed by atoms with Gasteiger partial charge in [-0.2, -0.15) is 0 Å². The van der Waals surface area contributed by atoms with Crippen LogP contribution in [0.5, 0.6) is 0 Å². The van der Waals surface area contributed by atoms with Gasteiger partial charge < -0.3 is 0 Å². The van der Waals surface area contributed by atoms with Crippen LogP contribution in [-0.4, -0.2) is 8.07 Å². The van der Waals surface area contributed by atoms with Crippen LogP contribution < -0.4 is 5.19 Å². The van der Waals surface area contributed by atoms with Crippen molar-refractivity contribution < 1.29 is 0 Å². The van der Waals surface area contributed by atoms with Crippen molar-refractivity contribution in [3.05, 3.63) is 53.1 Å². The first-order valence-electron chi connectivity index (χ1n) is 9.70. The summed E-state index contributed by atoms with van der Waals surface area (Å²) in [6.45, 7) is 19.4. The topological polar surface area (TPSA) is 0 Å². The SMILES string of the molecule is CCC(C)[Si](c1ccccc1)(C(C)CC)C1(C)C=C(C)C(C)=C1C. The Morgan fingerprint density at radius 1 is 0.917 bits per heavy atom. The molecule has 3 unspecified atom stereocenters. The summed E-state index contributed by atoms with van der Waals surface area (Å²) in [5.74, 6) is 0. The van der Waals surface area contributed by atoms with E-state index in [1.807, 2.05) is 0 Å². The first-order valence-corrected chi connectivity index (χ1v) is 11.9. The van der Waals surface area contributed by atoms with Gasteiger partial charge in [0.05, 0.1) is 0 Å². The summed E-state index contributed by atoms with van der Waals surface area (Å²) in [5, 5.41) is 1.86. The minimum atomic E-state index is -1.85. The number of hydrogen-bond acceptors (Lipinski definition) is 0. The zero-order valence-corrected chi connectivity index (χ0v) is 18.0. The highest BCUT2D eigenvalue weighted by molar-refractivity contribution is 6.97. The minimum Gasteiger partial charge on any atom is -0.0737 e. The van der Waals surface area contributed by atoms with Crippen molar-refractivity contribution in [1.82, 2.24) is 0 Å². The van der Waals surface area contributed by atoms with E-state index in [9.17, 15) is 0 Å². The first kappa shape index (κ1) is 19.2. The summed E-state index contributed by atoms with van der Waals surface area (Å²) < 4.78 is 0. The maximum atomic E-state index is 2.63. The van der Waals surface area contributed by atoms with E-state index in [1.54, 1.807) is 10.8 Å². The zero-order chi connectivity index (χ0) is 18.1. The average molecular weight is 341 g/mol. The van der Waals surface area contributed by atoms with Gasteiger partial charge in [-0.3, -0.25) is 0 Å².